The van der Waals surface area contributed by atoms with Gasteiger partial charge in [-0.05, 0) is 12.8 Å². The van der Waals surface area contributed by atoms with Crippen LogP contribution in [0.3, 0.4) is 0 Å². The van der Waals surface area contributed by atoms with Crippen molar-refractivity contribution in [2.24, 2.45) is 11.3 Å². The Morgan fingerprint density at radius 3 is 2.25 bits per heavy atom. The summed E-state index contributed by atoms with van der Waals surface area (Å²) in [5.41, 5.74) is -0.420. The molecular formula is C12H21O3P. The van der Waals surface area contributed by atoms with Crippen molar-refractivity contribution in [3.05, 3.63) is 0 Å². The lowest BCUT2D eigenvalue weighted by Gasteiger charge is -2.70. The van der Waals surface area contributed by atoms with E-state index in [0.29, 0.717) is 8.58 Å². The van der Waals surface area contributed by atoms with Crippen molar-refractivity contribution in [2.45, 2.75) is 62.2 Å². The van der Waals surface area contributed by atoms with Crippen LogP contribution in [0.2, 0.25) is 0 Å². The number of hydrogen-bond donors (Lipinski definition) is 3. The van der Waals surface area contributed by atoms with Crippen LogP contribution in [0.5, 0.6) is 0 Å². The van der Waals surface area contributed by atoms with Gasteiger partial charge in [0, 0.05) is 21.6 Å². The van der Waals surface area contributed by atoms with E-state index in [9.17, 15) is 15.3 Å². The molecule has 0 aromatic carbocycles. The highest BCUT2D eigenvalue weighted by molar-refractivity contribution is 7.42. The molecule has 2 heterocycles. The largest absolute Gasteiger partial charge is 0.392 e. The second-order valence-electron chi connectivity index (χ2n) is 6.80. The van der Waals surface area contributed by atoms with Crippen LogP contribution in [-0.2, 0) is 0 Å². The molecule has 16 heavy (non-hydrogen) atoms. The first-order valence-corrected chi connectivity index (χ1v) is 7.06. The molecule has 0 aromatic rings. The van der Waals surface area contributed by atoms with E-state index in [1.807, 2.05) is 6.92 Å². The quantitative estimate of drug-likeness (QED) is 0.550. The number of aliphatic hydroxyl groups is 3. The second kappa shape index (κ2) is 2.83. The van der Waals surface area contributed by atoms with Crippen molar-refractivity contribution in [1.82, 2.24) is 0 Å². The van der Waals surface area contributed by atoms with Gasteiger partial charge in [0.05, 0.1) is 18.3 Å². The third kappa shape index (κ3) is 1.04. The molecule has 2 saturated carbocycles. The van der Waals surface area contributed by atoms with E-state index in [2.05, 4.69) is 13.8 Å². The van der Waals surface area contributed by atoms with Crippen LogP contribution in [0, 0.1) is 11.3 Å². The Balaban J connectivity index is 2.13. The summed E-state index contributed by atoms with van der Waals surface area (Å²) in [6.07, 6.45) is 0.136. The Labute approximate surface area is 98.0 Å². The van der Waals surface area contributed by atoms with Crippen LogP contribution >= 0.6 is 8.58 Å². The van der Waals surface area contributed by atoms with E-state index in [4.69, 9.17) is 0 Å². The Bertz CT molecular complexity index is 347. The number of rotatable bonds is 0. The molecule has 4 rings (SSSR count). The standard InChI is InChI=1S/C12H21O3P/c1-10-5-12(3)8(14)6(7(10)13)4-11(2,16-12)9(10)15/h6-9,13-16H,4-5H2,1-3H3. The number of hydrogen-bond acceptors (Lipinski definition) is 3. The maximum atomic E-state index is 10.5. The Morgan fingerprint density at radius 2 is 1.62 bits per heavy atom. The third-order valence-electron chi connectivity index (χ3n) is 5.35. The van der Waals surface area contributed by atoms with E-state index in [0.717, 1.165) is 12.8 Å². The first kappa shape index (κ1) is 11.4. The lowest BCUT2D eigenvalue weighted by molar-refractivity contribution is -0.207. The summed E-state index contributed by atoms with van der Waals surface area (Å²) < 4.78 is 0. The normalized spacial score (nSPS) is 70.1. The van der Waals surface area contributed by atoms with Crippen molar-refractivity contribution in [3.63, 3.8) is 0 Å². The van der Waals surface area contributed by atoms with Gasteiger partial charge in [0.25, 0.3) is 0 Å². The van der Waals surface area contributed by atoms with Gasteiger partial charge in [-0.25, -0.2) is 0 Å². The molecule has 4 aliphatic rings. The zero-order valence-corrected chi connectivity index (χ0v) is 11.1. The summed E-state index contributed by atoms with van der Waals surface area (Å²) in [4.78, 5) is 0. The minimum atomic E-state index is -0.552. The number of aliphatic hydroxyl groups excluding tert-OH is 3. The molecule has 0 aromatic heterocycles. The topological polar surface area (TPSA) is 60.7 Å². The average Bonchev–Trinajstić information content (AvgIpc) is 2.17. The summed E-state index contributed by atoms with van der Waals surface area (Å²) in [6.45, 7) is 6.23. The molecule has 3 nitrogen and oxygen atoms in total. The van der Waals surface area contributed by atoms with Crippen LogP contribution in [-0.4, -0.2) is 43.9 Å². The van der Waals surface area contributed by atoms with Crippen molar-refractivity contribution in [1.29, 1.82) is 0 Å². The molecule has 0 amide bonds. The summed E-state index contributed by atoms with van der Waals surface area (Å²) in [5, 5.41) is 31.0. The molecule has 4 fully saturated rings. The molecule has 2 aliphatic carbocycles. The van der Waals surface area contributed by atoms with Gasteiger partial charge >= 0.3 is 0 Å². The van der Waals surface area contributed by atoms with Crippen LogP contribution in [0.25, 0.3) is 0 Å². The highest BCUT2D eigenvalue weighted by Crippen LogP contribution is 2.71. The molecule has 92 valence electrons. The van der Waals surface area contributed by atoms with Crippen molar-refractivity contribution < 1.29 is 15.3 Å². The monoisotopic (exact) mass is 244 g/mol. The van der Waals surface area contributed by atoms with Gasteiger partial charge in [-0.2, -0.15) is 0 Å². The van der Waals surface area contributed by atoms with Crippen LogP contribution < -0.4 is 0 Å². The second-order valence-corrected chi connectivity index (χ2v) is 9.34. The lowest BCUT2D eigenvalue weighted by Crippen LogP contribution is -2.74. The molecular weight excluding hydrogens is 223 g/mol. The Morgan fingerprint density at radius 1 is 1.00 bits per heavy atom. The molecule has 0 spiro atoms. The smallest absolute Gasteiger partial charge is 0.0709 e. The maximum absolute atomic E-state index is 10.5. The van der Waals surface area contributed by atoms with Gasteiger partial charge in [0.2, 0.25) is 0 Å². The highest BCUT2D eigenvalue weighted by atomic mass is 31.1. The SMILES string of the molecule is CC12CC3(C)C(O)C(CC(C)(P1)C3O)C2O. The summed E-state index contributed by atoms with van der Waals surface area (Å²) in [7, 11) is 0.596. The van der Waals surface area contributed by atoms with Gasteiger partial charge in [-0.1, -0.05) is 20.8 Å². The van der Waals surface area contributed by atoms with E-state index in [1.54, 1.807) is 0 Å². The van der Waals surface area contributed by atoms with E-state index < -0.39 is 23.7 Å². The van der Waals surface area contributed by atoms with Crippen molar-refractivity contribution in [2.75, 3.05) is 0 Å². The van der Waals surface area contributed by atoms with Crippen molar-refractivity contribution in [3.8, 4) is 0 Å². The fraction of sp³-hybridized carbons (Fsp3) is 1.00. The lowest BCUT2D eigenvalue weighted by atomic mass is 9.52. The summed E-state index contributed by atoms with van der Waals surface area (Å²) in [6, 6.07) is 0. The highest BCUT2D eigenvalue weighted by Gasteiger charge is 2.70. The maximum Gasteiger partial charge on any atom is 0.0709 e. The molecule has 3 N–H and O–H groups in total. The van der Waals surface area contributed by atoms with Gasteiger partial charge < -0.3 is 15.3 Å². The average molecular weight is 244 g/mol. The summed E-state index contributed by atoms with van der Waals surface area (Å²) in [5.74, 6) is -0.0431. The van der Waals surface area contributed by atoms with Gasteiger partial charge in [0.1, 0.15) is 0 Å². The van der Waals surface area contributed by atoms with Crippen molar-refractivity contribution >= 4 is 8.58 Å². The van der Waals surface area contributed by atoms with E-state index in [1.165, 1.54) is 0 Å². The molecule has 4 bridgehead atoms. The molecule has 0 radical (unpaired) electrons. The van der Waals surface area contributed by atoms with Gasteiger partial charge in [-0.15, -0.1) is 8.58 Å². The zero-order chi connectivity index (χ0) is 11.9. The van der Waals surface area contributed by atoms with Gasteiger partial charge in [-0.3, -0.25) is 0 Å². The molecule has 2 saturated heterocycles. The first-order valence-electron chi connectivity index (χ1n) is 6.06. The fourth-order valence-electron chi connectivity index (χ4n) is 4.84. The molecule has 4 heteroatoms. The predicted molar refractivity (Wildman–Crippen MR) is 64.0 cm³/mol. The fourth-order valence-corrected chi connectivity index (χ4v) is 7.78. The molecule has 8 unspecified atom stereocenters. The molecule has 8 atom stereocenters. The first-order chi connectivity index (χ1) is 7.23. The Hall–Kier alpha value is 0.310. The van der Waals surface area contributed by atoms with Gasteiger partial charge in [0.15, 0.2) is 0 Å². The van der Waals surface area contributed by atoms with Crippen LogP contribution in [0.1, 0.15) is 33.6 Å². The molecule has 2 aliphatic heterocycles. The summed E-state index contributed by atoms with van der Waals surface area (Å²) >= 11 is 0. The van der Waals surface area contributed by atoms with Crippen LogP contribution in [0.4, 0.5) is 0 Å². The predicted octanol–water partition coefficient (Wildman–Crippen LogP) is 0.708. The third-order valence-corrected chi connectivity index (χ3v) is 7.44. The van der Waals surface area contributed by atoms with E-state index in [-0.39, 0.29) is 16.2 Å². The van der Waals surface area contributed by atoms with E-state index >= 15 is 0 Å². The van der Waals surface area contributed by atoms with Crippen LogP contribution in [0.15, 0.2) is 0 Å². The zero-order valence-electron chi connectivity index (χ0n) is 10.1. The minimum absolute atomic E-state index is 0.0431. The Kier molecular flexibility index (Phi) is 2.01. The minimum Gasteiger partial charge on any atom is -0.392 e.